The summed E-state index contributed by atoms with van der Waals surface area (Å²) in [5, 5.41) is 3.33. The molecular weight excluding hydrogens is 174 g/mol. The van der Waals surface area contributed by atoms with E-state index in [1.165, 1.54) is 12.8 Å². The number of nitrogens with one attached hydrogen (secondary N) is 1. The summed E-state index contributed by atoms with van der Waals surface area (Å²) >= 11 is 0. The Balaban J connectivity index is 2.61. The number of aromatic nitrogens is 2. The van der Waals surface area contributed by atoms with Crippen molar-refractivity contribution in [3.05, 3.63) is 12.4 Å². The molecule has 0 aliphatic carbocycles. The van der Waals surface area contributed by atoms with Crippen molar-refractivity contribution in [2.75, 3.05) is 11.9 Å². The van der Waals surface area contributed by atoms with Crippen LogP contribution < -0.4 is 5.32 Å². The van der Waals surface area contributed by atoms with Gasteiger partial charge in [-0.3, -0.25) is 0 Å². The molecule has 1 rings (SSSR count). The van der Waals surface area contributed by atoms with E-state index in [0.717, 1.165) is 18.9 Å². The Morgan fingerprint density at radius 3 is 2.86 bits per heavy atom. The fourth-order valence-electron chi connectivity index (χ4n) is 1.60. The third-order valence-electron chi connectivity index (χ3n) is 2.38. The van der Waals surface area contributed by atoms with Crippen molar-refractivity contribution in [1.29, 1.82) is 0 Å². The average molecular weight is 195 g/mol. The molecule has 1 unspecified atom stereocenters. The number of nitrogens with zero attached hydrogens (tertiary/aromatic N) is 2. The molecular formula is C11H21N3. The predicted molar refractivity (Wildman–Crippen MR) is 60.6 cm³/mol. The van der Waals surface area contributed by atoms with Crippen LogP contribution in [0.25, 0.3) is 0 Å². The highest BCUT2D eigenvalue weighted by atomic mass is 15.2. The summed E-state index contributed by atoms with van der Waals surface area (Å²) in [7, 11) is 0. The van der Waals surface area contributed by atoms with E-state index in [1.807, 2.05) is 6.20 Å². The molecule has 0 aromatic carbocycles. The van der Waals surface area contributed by atoms with Gasteiger partial charge in [-0.05, 0) is 19.8 Å². The molecule has 0 saturated heterocycles. The predicted octanol–water partition coefficient (Wildman–Crippen LogP) is 3.07. The first kappa shape index (κ1) is 11.1. The molecule has 0 saturated carbocycles. The number of anilines is 1. The Kier molecular flexibility index (Phi) is 4.50. The normalized spacial score (nSPS) is 12.8. The fourth-order valence-corrected chi connectivity index (χ4v) is 1.60. The monoisotopic (exact) mass is 195 g/mol. The second-order valence-electron chi connectivity index (χ2n) is 3.72. The van der Waals surface area contributed by atoms with Crippen molar-refractivity contribution in [2.45, 2.75) is 46.1 Å². The maximum absolute atomic E-state index is 4.31. The van der Waals surface area contributed by atoms with E-state index in [0.29, 0.717) is 6.04 Å². The van der Waals surface area contributed by atoms with Crippen LogP contribution in [-0.4, -0.2) is 16.1 Å². The van der Waals surface area contributed by atoms with Gasteiger partial charge in [0.25, 0.3) is 0 Å². The molecule has 0 amide bonds. The van der Waals surface area contributed by atoms with Gasteiger partial charge in [0.15, 0.2) is 0 Å². The van der Waals surface area contributed by atoms with Gasteiger partial charge in [0.1, 0.15) is 0 Å². The Hall–Kier alpha value is -0.990. The van der Waals surface area contributed by atoms with Gasteiger partial charge in [-0.25, -0.2) is 4.98 Å². The van der Waals surface area contributed by atoms with Crippen molar-refractivity contribution >= 4 is 5.95 Å². The van der Waals surface area contributed by atoms with Crippen molar-refractivity contribution < 1.29 is 0 Å². The van der Waals surface area contributed by atoms with Gasteiger partial charge >= 0.3 is 0 Å². The first-order valence-corrected chi connectivity index (χ1v) is 5.56. The van der Waals surface area contributed by atoms with E-state index in [2.05, 4.69) is 41.8 Å². The van der Waals surface area contributed by atoms with E-state index >= 15 is 0 Å². The zero-order valence-corrected chi connectivity index (χ0v) is 9.45. The molecule has 1 atom stereocenters. The number of hydrogen-bond donors (Lipinski definition) is 1. The van der Waals surface area contributed by atoms with E-state index in [1.54, 1.807) is 0 Å². The highest BCUT2D eigenvalue weighted by Crippen LogP contribution is 2.17. The second kappa shape index (κ2) is 5.68. The summed E-state index contributed by atoms with van der Waals surface area (Å²) in [6.45, 7) is 7.61. The third-order valence-corrected chi connectivity index (χ3v) is 2.38. The molecule has 80 valence electrons. The smallest absolute Gasteiger partial charge is 0.203 e. The highest BCUT2D eigenvalue weighted by Gasteiger charge is 2.07. The lowest BCUT2D eigenvalue weighted by molar-refractivity contribution is 0.504. The Labute approximate surface area is 86.5 Å². The quantitative estimate of drug-likeness (QED) is 0.756. The zero-order chi connectivity index (χ0) is 10.4. The minimum Gasteiger partial charge on any atom is -0.356 e. The summed E-state index contributed by atoms with van der Waals surface area (Å²) in [4.78, 5) is 4.31. The molecule has 0 radical (unpaired) electrons. The maximum atomic E-state index is 4.31. The summed E-state index contributed by atoms with van der Waals surface area (Å²) in [5.41, 5.74) is 0. The third kappa shape index (κ3) is 2.76. The van der Waals surface area contributed by atoms with Crippen molar-refractivity contribution in [2.24, 2.45) is 0 Å². The highest BCUT2D eigenvalue weighted by molar-refractivity contribution is 5.26. The topological polar surface area (TPSA) is 29.9 Å². The Morgan fingerprint density at radius 2 is 2.21 bits per heavy atom. The molecule has 0 bridgehead atoms. The Morgan fingerprint density at radius 1 is 1.43 bits per heavy atom. The van der Waals surface area contributed by atoms with Crippen LogP contribution >= 0.6 is 0 Å². The van der Waals surface area contributed by atoms with Gasteiger partial charge in [0.2, 0.25) is 5.95 Å². The summed E-state index contributed by atoms with van der Waals surface area (Å²) in [6.07, 6.45) is 7.47. The molecule has 0 spiro atoms. The molecule has 1 aromatic heterocycles. The zero-order valence-electron chi connectivity index (χ0n) is 9.45. The molecule has 1 heterocycles. The second-order valence-corrected chi connectivity index (χ2v) is 3.72. The van der Waals surface area contributed by atoms with Crippen LogP contribution in [0.5, 0.6) is 0 Å². The van der Waals surface area contributed by atoms with Crippen LogP contribution in [-0.2, 0) is 0 Å². The van der Waals surface area contributed by atoms with Crippen molar-refractivity contribution in [1.82, 2.24) is 9.55 Å². The minimum absolute atomic E-state index is 0.543. The van der Waals surface area contributed by atoms with Crippen molar-refractivity contribution in [3.63, 3.8) is 0 Å². The molecule has 3 heteroatoms. The fraction of sp³-hybridized carbons (Fsp3) is 0.727. The van der Waals surface area contributed by atoms with Gasteiger partial charge in [0.05, 0.1) is 0 Å². The summed E-state index contributed by atoms with van der Waals surface area (Å²) < 4.78 is 2.22. The molecule has 0 fully saturated rings. The lowest BCUT2D eigenvalue weighted by Crippen LogP contribution is -2.11. The average Bonchev–Trinajstić information content (AvgIpc) is 2.63. The Bertz CT molecular complexity index is 255. The van der Waals surface area contributed by atoms with Crippen LogP contribution in [0.15, 0.2) is 12.4 Å². The van der Waals surface area contributed by atoms with Crippen LogP contribution in [0.4, 0.5) is 5.95 Å². The van der Waals surface area contributed by atoms with Gasteiger partial charge in [0, 0.05) is 25.0 Å². The van der Waals surface area contributed by atoms with Crippen molar-refractivity contribution in [3.8, 4) is 0 Å². The number of rotatable bonds is 6. The van der Waals surface area contributed by atoms with E-state index in [-0.39, 0.29) is 0 Å². The van der Waals surface area contributed by atoms with Crippen LogP contribution in [0.3, 0.4) is 0 Å². The number of hydrogen-bond acceptors (Lipinski definition) is 2. The summed E-state index contributed by atoms with van der Waals surface area (Å²) in [6, 6.07) is 0.543. The van der Waals surface area contributed by atoms with E-state index in [4.69, 9.17) is 0 Å². The van der Waals surface area contributed by atoms with Gasteiger partial charge in [-0.2, -0.15) is 0 Å². The molecule has 1 aromatic rings. The standard InChI is InChI=1S/C11H21N3/c1-4-6-10(3)14-9-8-13-11(14)12-7-5-2/h8-10H,4-7H2,1-3H3,(H,12,13). The minimum atomic E-state index is 0.543. The largest absolute Gasteiger partial charge is 0.356 e. The van der Waals surface area contributed by atoms with Gasteiger partial charge < -0.3 is 9.88 Å². The molecule has 14 heavy (non-hydrogen) atoms. The lowest BCUT2D eigenvalue weighted by atomic mass is 10.2. The molecule has 3 nitrogen and oxygen atoms in total. The van der Waals surface area contributed by atoms with Gasteiger partial charge in [-0.1, -0.05) is 20.3 Å². The van der Waals surface area contributed by atoms with Crippen LogP contribution in [0.2, 0.25) is 0 Å². The van der Waals surface area contributed by atoms with E-state index in [9.17, 15) is 0 Å². The first-order valence-electron chi connectivity index (χ1n) is 5.56. The van der Waals surface area contributed by atoms with Crippen LogP contribution in [0, 0.1) is 0 Å². The molecule has 0 aliphatic rings. The van der Waals surface area contributed by atoms with Gasteiger partial charge in [-0.15, -0.1) is 0 Å². The van der Waals surface area contributed by atoms with Crippen LogP contribution in [0.1, 0.15) is 46.1 Å². The lowest BCUT2D eigenvalue weighted by Gasteiger charge is -2.15. The van der Waals surface area contributed by atoms with E-state index < -0.39 is 0 Å². The SMILES string of the molecule is CCCNc1nccn1C(C)CCC. The maximum Gasteiger partial charge on any atom is 0.203 e. The molecule has 1 N–H and O–H groups in total. The first-order chi connectivity index (χ1) is 6.79. The summed E-state index contributed by atoms with van der Waals surface area (Å²) in [5.74, 6) is 1.01. The number of imidazole rings is 1. The molecule has 0 aliphatic heterocycles.